The first-order chi connectivity index (χ1) is 13.2. The normalized spacial score (nSPS) is 16.0. The summed E-state index contributed by atoms with van der Waals surface area (Å²) in [4.78, 5) is 12.1. The number of aromatic nitrogens is 5. The number of aryl methyl sites for hydroxylation is 3. The molecule has 3 aromatic heterocycles. The van der Waals surface area contributed by atoms with Gasteiger partial charge in [-0.15, -0.1) is 5.10 Å². The topological polar surface area (TPSA) is 60.5 Å². The van der Waals surface area contributed by atoms with Crippen molar-refractivity contribution in [2.45, 2.75) is 53.0 Å². The molecule has 0 radical (unpaired) electrons. The zero-order valence-corrected chi connectivity index (χ0v) is 16.7. The second-order valence-electron chi connectivity index (χ2n) is 7.51. The lowest BCUT2D eigenvalue weighted by atomic mass is 10.2. The number of morpholine rings is 1. The van der Waals surface area contributed by atoms with E-state index in [9.17, 15) is 0 Å². The van der Waals surface area contributed by atoms with Crippen molar-refractivity contribution in [3.63, 3.8) is 0 Å². The van der Waals surface area contributed by atoms with E-state index in [1.807, 2.05) is 10.8 Å². The summed E-state index contributed by atoms with van der Waals surface area (Å²) in [7, 11) is 0. The van der Waals surface area contributed by atoms with Gasteiger partial charge in [0.05, 0.1) is 18.6 Å². The number of rotatable bonds is 7. The number of fused-ring (bicyclic) bond motifs is 3. The summed E-state index contributed by atoms with van der Waals surface area (Å²) in [5, 5.41) is 5.77. The van der Waals surface area contributed by atoms with Crippen LogP contribution in [0.15, 0.2) is 6.33 Å². The van der Waals surface area contributed by atoms with Gasteiger partial charge < -0.3 is 9.30 Å². The minimum absolute atomic E-state index is 0.859. The molecule has 3 aromatic rings. The van der Waals surface area contributed by atoms with Crippen LogP contribution >= 0.6 is 0 Å². The fourth-order valence-electron chi connectivity index (χ4n) is 3.97. The lowest BCUT2D eigenvalue weighted by Gasteiger charge is -2.26. The monoisotopic (exact) mass is 370 g/mol. The molecule has 0 aliphatic carbocycles. The molecular formula is C20H30N6O. The van der Waals surface area contributed by atoms with E-state index in [2.05, 4.69) is 35.3 Å². The third kappa shape index (κ3) is 3.58. The fraction of sp³-hybridized carbons (Fsp3) is 0.650. The number of nitrogens with zero attached hydrogens (tertiary/aromatic N) is 6. The zero-order chi connectivity index (χ0) is 18.8. The predicted octanol–water partition coefficient (Wildman–Crippen LogP) is 2.76. The van der Waals surface area contributed by atoms with Gasteiger partial charge in [0.15, 0.2) is 11.5 Å². The number of hydrogen-bond acceptors (Lipinski definition) is 5. The maximum Gasteiger partial charge on any atom is 0.168 e. The molecule has 0 amide bonds. The van der Waals surface area contributed by atoms with E-state index in [1.165, 1.54) is 11.3 Å². The number of unbranched alkanes of at least 4 members (excludes halogenated alkanes) is 1. The van der Waals surface area contributed by atoms with Crippen molar-refractivity contribution in [3.05, 3.63) is 23.4 Å². The van der Waals surface area contributed by atoms with Crippen molar-refractivity contribution in [2.75, 3.05) is 32.8 Å². The van der Waals surface area contributed by atoms with E-state index >= 15 is 0 Å². The molecule has 4 heterocycles. The van der Waals surface area contributed by atoms with Gasteiger partial charge in [0.2, 0.25) is 0 Å². The first-order valence-electron chi connectivity index (χ1n) is 10.2. The zero-order valence-electron chi connectivity index (χ0n) is 16.7. The van der Waals surface area contributed by atoms with Gasteiger partial charge in [-0.1, -0.05) is 13.3 Å². The average molecular weight is 371 g/mol. The Hall–Kier alpha value is -1.99. The molecule has 7 nitrogen and oxygen atoms in total. The Balaban J connectivity index is 1.60. The molecular weight excluding hydrogens is 340 g/mol. The van der Waals surface area contributed by atoms with Crippen molar-refractivity contribution in [1.82, 2.24) is 29.0 Å². The molecule has 1 saturated heterocycles. The molecule has 0 unspecified atom stereocenters. The van der Waals surface area contributed by atoms with Crippen molar-refractivity contribution in [2.24, 2.45) is 0 Å². The lowest BCUT2D eigenvalue weighted by Crippen LogP contribution is -2.37. The lowest BCUT2D eigenvalue weighted by molar-refractivity contribution is 0.0369. The highest BCUT2D eigenvalue weighted by Crippen LogP contribution is 2.27. The molecule has 27 heavy (non-hydrogen) atoms. The third-order valence-electron chi connectivity index (χ3n) is 5.70. The van der Waals surface area contributed by atoms with Gasteiger partial charge in [-0.2, -0.15) is 0 Å². The van der Waals surface area contributed by atoms with Gasteiger partial charge >= 0.3 is 0 Å². The minimum atomic E-state index is 0.859. The molecule has 146 valence electrons. The van der Waals surface area contributed by atoms with Crippen LogP contribution in [0.25, 0.3) is 16.7 Å². The van der Waals surface area contributed by atoms with Gasteiger partial charge in [0.25, 0.3) is 0 Å². The standard InChI is InChI=1S/C20H30N6O/c1-4-5-7-17-22-20-18-15(2)16(3)25(19(18)21-14-26(20)23-17)9-6-8-24-10-12-27-13-11-24/h14H,4-13H2,1-3H3. The summed E-state index contributed by atoms with van der Waals surface area (Å²) in [6.07, 6.45) is 6.13. The molecule has 1 fully saturated rings. The maximum atomic E-state index is 5.44. The molecule has 7 heteroatoms. The van der Waals surface area contributed by atoms with E-state index in [-0.39, 0.29) is 0 Å². The van der Waals surface area contributed by atoms with E-state index in [1.54, 1.807) is 0 Å². The summed E-state index contributed by atoms with van der Waals surface area (Å²) in [6.45, 7) is 12.5. The van der Waals surface area contributed by atoms with Crippen LogP contribution in [0.4, 0.5) is 0 Å². The van der Waals surface area contributed by atoms with Crippen LogP contribution < -0.4 is 0 Å². The molecule has 0 atom stereocenters. The maximum absolute atomic E-state index is 5.44. The van der Waals surface area contributed by atoms with Crippen LogP contribution in [0, 0.1) is 13.8 Å². The predicted molar refractivity (Wildman–Crippen MR) is 106 cm³/mol. The average Bonchev–Trinajstić information content (AvgIpc) is 3.21. The highest BCUT2D eigenvalue weighted by molar-refractivity contribution is 5.93. The molecule has 0 bridgehead atoms. The smallest absolute Gasteiger partial charge is 0.168 e. The third-order valence-corrected chi connectivity index (χ3v) is 5.70. The fourth-order valence-corrected chi connectivity index (χ4v) is 3.97. The number of ether oxygens (including phenoxy) is 1. The Morgan fingerprint density at radius 1 is 1.07 bits per heavy atom. The van der Waals surface area contributed by atoms with E-state index < -0.39 is 0 Å². The van der Waals surface area contributed by atoms with Crippen LogP contribution in [0.2, 0.25) is 0 Å². The number of hydrogen-bond donors (Lipinski definition) is 0. The van der Waals surface area contributed by atoms with Gasteiger partial charge in [0.1, 0.15) is 12.0 Å². The highest BCUT2D eigenvalue weighted by Gasteiger charge is 2.18. The van der Waals surface area contributed by atoms with E-state index in [0.717, 1.165) is 87.6 Å². The summed E-state index contributed by atoms with van der Waals surface area (Å²) >= 11 is 0. The summed E-state index contributed by atoms with van der Waals surface area (Å²) in [5.41, 5.74) is 4.53. The van der Waals surface area contributed by atoms with Crippen LogP contribution in [0.5, 0.6) is 0 Å². The summed E-state index contributed by atoms with van der Waals surface area (Å²) in [6, 6.07) is 0. The van der Waals surface area contributed by atoms with E-state index in [4.69, 9.17) is 14.7 Å². The minimum Gasteiger partial charge on any atom is -0.379 e. The van der Waals surface area contributed by atoms with E-state index in [0.29, 0.717) is 0 Å². The molecule has 0 spiro atoms. The van der Waals surface area contributed by atoms with Crippen LogP contribution in [0.3, 0.4) is 0 Å². The first-order valence-corrected chi connectivity index (χ1v) is 10.2. The SMILES string of the molecule is CCCCc1nc2c3c(C)c(C)n(CCCN4CCOCC4)c3ncn2n1. The van der Waals surface area contributed by atoms with Crippen molar-refractivity contribution < 1.29 is 4.74 Å². The Morgan fingerprint density at radius 2 is 1.89 bits per heavy atom. The second-order valence-corrected chi connectivity index (χ2v) is 7.51. The molecule has 0 N–H and O–H groups in total. The Labute approximate surface area is 160 Å². The van der Waals surface area contributed by atoms with Gasteiger partial charge in [-0.25, -0.2) is 14.5 Å². The second kappa shape index (κ2) is 7.94. The van der Waals surface area contributed by atoms with Crippen LogP contribution in [-0.2, 0) is 17.7 Å². The van der Waals surface area contributed by atoms with Crippen molar-refractivity contribution in [3.8, 4) is 0 Å². The summed E-state index contributed by atoms with van der Waals surface area (Å²) < 4.78 is 9.64. The Morgan fingerprint density at radius 3 is 2.67 bits per heavy atom. The molecule has 1 aliphatic heterocycles. The molecule has 0 aromatic carbocycles. The Kier molecular flexibility index (Phi) is 5.41. The quantitative estimate of drug-likeness (QED) is 0.640. The molecule has 1 aliphatic rings. The van der Waals surface area contributed by atoms with Crippen molar-refractivity contribution in [1.29, 1.82) is 0 Å². The first kappa shape index (κ1) is 18.4. The van der Waals surface area contributed by atoms with Gasteiger partial charge in [-0.3, -0.25) is 4.90 Å². The van der Waals surface area contributed by atoms with Gasteiger partial charge in [-0.05, 0) is 32.3 Å². The summed E-state index contributed by atoms with van der Waals surface area (Å²) in [5.74, 6) is 0.920. The van der Waals surface area contributed by atoms with Crippen LogP contribution in [-0.4, -0.2) is 61.9 Å². The molecule has 0 saturated carbocycles. The Bertz CT molecular complexity index is 922. The van der Waals surface area contributed by atoms with Crippen molar-refractivity contribution >= 4 is 16.7 Å². The van der Waals surface area contributed by atoms with Gasteiger partial charge in [0, 0.05) is 38.3 Å². The highest BCUT2D eigenvalue weighted by atomic mass is 16.5. The molecule has 4 rings (SSSR count). The largest absolute Gasteiger partial charge is 0.379 e. The van der Waals surface area contributed by atoms with Crippen LogP contribution in [0.1, 0.15) is 43.3 Å².